The van der Waals surface area contributed by atoms with Crippen molar-refractivity contribution in [3.63, 3.8) is 0 Å². The van der Waals surface area contributed by atoms with Gasteiger partial charge < -0.3 is 9.84 Å². The van der Waals surface area contributed by atoms with Crippen molar-refractivity contribution >= 4 is 0 Å². The van der Waals surface area contributed by atoms with Crippen molar-refractivity contribution in [2.24, 2.45) is 0 Å². The van der Waals surface area contributed by atoms with Gasteiger partial charge in [0.2, 0.25) is 5.88 Å². The van der Waals surface area contributed by atoms with Crippen molar-refractivity contribution in [2.45, 2.75) is 12.8 Å². The molecular formula is C14H11F4NO2. The van der Waals surface area contributed by atoms with E-state index in [0.717, 1.165) is 24.4 Å². The second-order valence-electron chi connectivity index (χ2n) is 4.23. The maximum Gasteiger partial charge on any atom is 0.416 e. The summed E-state index contributed by atoms with van der Waals surface area (Å²) in [5.41, 5.74) is -0.914. The first kappa shape index (κ1) is 15.2. The first-order valence-corrected chi connectivity index (χ1v) is 5.87. The summed E-state index contributed by atoms with van der Waals surface area (Å²) < 4.78 is 57.0. The van der Waals surface area contributed by atoms with E-state index in [1.54, 1.807) is 0 Å². The lowest BCUT2D eigenvalue weighted by molar-refractivity contribution is -0.137. The lowest BCUT2D eigenvalue weighted by atomic mass is 9.97. The Kier molecular flexibility index (Phi) is 4.13. The monoisotopic (exact) mass is 301 g/mol. The van der Waals surface area contributed by atoms with Crippen LogP contribution in [-0.4, -0.2) is 17.2 Å². The van der Waals surface area contributed by atoms with Gasteiger partial charge in [-0.2, -0.15) is 13.2 Å². The van der Waals surface area contributed by atoms with E-state index in [-0.39, 0.29) is 22.6 Å². The van der Waals surface area contributed by atoms with E-state index < -0.39 is 24.2 Å². The molecule has 0 fully saturated rings. The summed E-state index contributed by atoms with van der Waals surface area (Å²) >= 11 is 0. The van der Waals surface area contributed by atoms with Crippen LogP contribution in [-0.2, 0) is 12.8 Å². The molecule has 1 aromatic heterocycles. The number of aromatic nitrogens is 1. The summed E-state index contributed by atoms with van der Waals surface area (Å²) in [6.45, 7) is -0.516. The van der Waals surface area contributed by atoms with Gasteiger partial charge in [-0.3, -0.25) is 0 Å². The van der Waals surface area contributed by atoms with Crippen LogP contribution in [0.15, 0.2) is 30.5 Å². The maximum absolute atomic E-state index is 13.9. The molecule has 21 heavy (non-hydrogen) atoms. The molecule has 0 radical (unpaired) electrons. The summed E-state index contributed by atoms with van der Waals surface area (Å²) in [6, 6.07) is 3.93. The Hall–Kier alpha value is -2.15. The number of ether oxygens (including phenoxy) is 1. The number of nitrogens with zero attached hydrogens (tertiary/aromatic N) is 1. The van der Waals surface area contributed by atoms with Gasteiger partial charge in [-0.05, 0) is 23.3 Å². The Balaban J connectivity index is 2.66. The smallest absolute Gasteiger partial charge is 0.416 e. The molecule has 2 aromatic rings. The molecule has 0 saturated heterocycles. The van der Waals surface area contributed by atoms with Crippen LogP contribution in [0.3, 0.4) is 0 Å². The zero-order valence-corrected chi connectivity index (χ0v) is 10.9. The number of hydrogen-bond acceptors (Lipinski definition) is 3. The highest BCUT2D eigenvalue weighted by molar-refractivity contribution is 5.69. The van der Waals surface area contributed by atoms with E-state index >= 15 is 0 Å². The van der Waals surface area contributed by atoms with Crippen molar-refractivity contribution in [3.8, 4) is 17.0 Å². The number of pyridine rings is 1. The number of methoxy groups -OCH3 is 1. The molecule has 0 aliphatic heterocycles. The molecule has 0 atom stereocenters. The summed E-state index contributed by atoms with van der Waals surface area (Å²) in [6.07, 6.45) is -3.70. The fourth-order valence-corrected chi connectivity index (χ4v) is 1.88. The van der Waals surface area contributed by atoms with E-state index in [9.17, 15) is 22.7 Å². The molecular weight excluding hydrogens is 290 g/mol. The number of alkyl halides is 3. The summed E-state index contributed by atoms with van der Waals surface area (Å²) in [4.78, 5) is 3.63. The predicted molar refractivity (Wildman–Crippen MR) is 67.1 cm³/mol. The van der Waals surface area contributed by atoms with E-state index in [1.165, 1.54) is 13.2 Å². The first-order chi connectivity index (χ1) is 9.86. The van der Waals surface area contributed by atoms with Gasteiger partial charge in [0.1, 0.15) is 5.82 Å². The van der Waals surface area contributed by atoms with Gasteiger partial charge in [0.05, 0.1) is 25.5 Å². The molecule has 112 valence electrons. The van der Waals surface area contributed by atoms with Gasteiger partial charge >= 0.3 is 6.18 Å². The molecule has 2 rings (SSSR count). The topological polar surface area (TPSA) is 42.4 Å². The Bertz CT molecular complexity index is 656. The molecule has 0 aliphatic carbocycles. The Morgan fingerprint density at radius 3 is 2.48 bits per heavy atom. The third-order valence-corrected chi connectivity index (χ3v) is 2.94. The van der Waals surface area contributed by atoms with E-state index in [2.05, 4.69) is 4.98 Å². The van der Waals surface area contributed by atoms with Crippen molar-refractivity contribution in [1.82, 2.24) is 4.98 Å². The van der Waals surface area contributed by atoms with E-state index in [0.29, 0.717) is 0 Å². The van der Waals surface area contributed by atoms with Gasteiger partial charge in [0.15, 0.2) is 0 Å². The van der Waals surface area contributed by atoms with Crippen LogP contribution < -0.4 is 4.74 Å². The maximum atomic E-state index is 13.9. The highest BCUT2D eigenvalue weighted by Crippen LogP contribution is 2.35. The number of halogens is 4. The molecule has 0 unspecified atom stereocenters. The lowest BCUT2D eigenvalue weighted by Gasteiger charge is -2.13. The van der Waals surface area contributed by atoms with Gasteiger partial charge in [0.25, 0.3) is 0 Å². The van der Waals surface area contributed by atoms with E-state index in [4.69, 9.17) is 4.74 Å². The fourth-order valence-electron chi connectivity index (χ4n) is 1.88. The number of benzene rings is 1. The molecule has 0 spiro atoms. The molecule has 1 N–H and O–H groups in total. The predicted octanol–water partition coefficient (Wildman–Crippen LogP) is 3.41. The number of aliphatic hydroxyl groups is 1. The average Bonchev–Trinajstić information content (AvgIpc) is 2.46. The molecule has 1 heterocycles. The van der Waals surface area contributed by atoms with Crippen LogP contribution in [0, 0.1) is 5.82 Å². The minimum Gasteiger partial charge on any atom is -0.481 e. The molecule has 0 aliphatic rings. The van der Waals surface area contributed by atoms with Crippen LogP contribution in [0.1, 0.15) is 11.1 Å². The molecule has 0 amide bonds. The lowest BCUT2D eigenvalue weighted by Crippen LogP contribution is -2.06. The van der Waals surface area contributed by atoms with E-state index in [1.807, 2.05) is 0 Å². The Morgan fingerprint density at radius 1 is 1.19 bits per heavy atom. The molecule has 0 bridgehead atoms. The van der Waals surface area contributed by atoms with Crippen LogP contribution in [0.25, 0.3) is 11.1 Å². The van der Waals surface area contributed by atoms with Gasteiger partial charge in [-0.15, -0.1) is 0 Å². The Labute approximate surface area is 117 Å². The van der Waals surface area contributed by atoms with Gasteiger partial charge in [-0.25, -0.2) is 9.37 Å². The zero-order valence-electron chi connectivity index (χ0n) is 10.9. The van der Waals surface area contributed by atoms with Gasteiger partial charge in [-0.1, -0.05) is 6.07 Å². The fraction of sp³-hybridized carbons (Fsp3) is 0.214. The molecule has 3 nitrogen and oxygen atoms in total. The second kappa shape index (κ2) is 5.69. The summed E-state index contributed by atoms with van der Waals surface area (Å²) in [7, 11) is 1.31. The summed E-state index contributed by atoms with van der Waals surface area (Å²) in [5.74, 6) is -0.738. The largest absolute Gasteiger partial charge is 0.481 e. The first-order valence-electron chi connectivity index (χ1n) is 5.87. The van der Waals surface area contributed by atoms with Crippen molar-refractivity contribution in [2.75, 3.05) is 7.11 Å². The zero-order chi connectivity index (χ0) is 15.6. The van der Waals surface area contributed by atoms with Crippen LogP contribution in [0.5, 0.6) is 5.88 Å². The third-order valence-electron chi connectivity index (χ3n) is 2.94. The van der Waals surface area contributed by atoms with Crippen LogP contribution >= 0.6 is 0 Å². The minimum atomic E-state index is -4.56. The van der Waals surface area contributed by atoms with Crippen molar-refractivity contribution in [3.05, 3.63) is 47.4 Å². The van der Waals surface area contributed by atoms with Crippen molar-refractivity contribution < 1.29 is 27.4 Å². The third kappa shape index (κ3) is 3.13. The second-order valence-corrected chi connectivity index (χ2v) is 4.23. The highest BCUT2D eigenvalue weighted by atomic mass is 19.4. The van der Waals surface area contributed by atoms with Crippen molar-refractivity contribution in [1.29, 1.82) is 0 Å². The molecule has 1 aromatic carbocycles. The molecule has 7 heteroatoms. The van der Waals surface area contributed by atoms with Crippen LogP contribution in [0.2, 0.25) is 0 Å². The number of aliphatic hydroxyl groups excluding tert-OH is 1. The number of hydrogen-bond donors (Lipinski definition) is 1. The van der Waals surface area contributed by atoms with Gasteiger partial charge in [0, 0.05) is 11.6 Å². The normalized spacial score (nSPS) is 11.5. The minimum absolute atomic E-state index is 0.0504. The SMILES string of the molecule is COc1cc(-c2cc(C(F)(F)F)ccc2CO)c(F)cn1. The average molecular weight is 301 g/mol. The highest BCUT2D eigenvalue weighted by Gasteiger charge is 2.31. The molecule has 0 saturated carbocycles. The standard InChI is InChI=1S/C14H11F4NO2/c1-21-13-5-11(12(15)6-19-13)10-4-9(14(16,17)18)3-2-8(10)7-20/h2-6,20H,7H2,1H3. The summed E-state index contributed by atoms with van der Waals surface area (Å²) in [5, 5.41) is 9.24. The van der Waals surface area contributed by atoms with Crippen LogP contribution in [0.4, 0.5) is 17.6 Å². The Morgan fingerprint density at radius 2 is 1.90 bits per heavy atom. The quantitative estimate of drug-likeness (QED) is 0.883. The number of rotatable bonds is 3.